The van der Waals surface area contributed by atoms with Crippen LogP contribution in [0.2, 0.25) is 0 Å². The lowest BCUT2D eigenvalue weighted by atomic mass is 10.0. The topological polar surface area (TPSA) is 41.6 Å². The molecular formula is C15H22N2O2. The van der Waals surface area contributed by atoms with Crippen LogP contribution in [0.25, 0.3) is 0 Å². The van der Waals surface area contributed by atoms with Gasteiger partial charge in [-0.3, -0.25) is 4.79 Å². The number of carbonyl (C=O) groups is 1. The Morgan fingerprint density at radius 1 is 1.42 bits per heavy atom. The van der Waals surface area contributed by atoms with E-state index in [4.69, 9.17) is 4.74 Å². The quantitative estimate of drug-likeness (QED) is 0.868. The van der Waals surface area contributed by atoms with Gasteiger partial charge in [-0.15, -0.1) is 0 Å². The van der Waals surface area contributed by atoms with E-state index in [1.165, 1.54) is 5.56 Å². The van der Waals surface area contributed by atoms with Crippen molar-refractivity contribution in [2.24, 2.45) is 0 Å². The Hall–Kier alpha value is -1.55. The average Bonchev–Trinajstić information content (AvgIpc) is 2.38. The molecule has 1 aromatic carbocycles. The Bertz CT molecular complexity index is 444. The first kappa shape index (κ1) is 13.9. The molecule has 1 aromatic rings. The lowest BCUT2D eigenvalue weighted by Crippen LogP contribution is -2.32. The maximum Gasteiger partial charge on any atom is 0.224 e. The van der Waals surface area contributed by atoms with Crippen molar-refractivity contribution in [2.75, 3.05) is 33.8 Å². The maximum atomic E-state index is 11.8. The molecule has 0 unspecified atom stereocenters. The summed E-state index contributed by atoms with van der Waals surface area (Å²) in [6, 6.07) is 6.06. The van der Waals surface area contributed by atoms with Crippen LogP contribution in [0.3, 0.4) is 0 Å². The number of rotatable bonds is 5. The molecule has 19 heavy (non-hydrogen) atoms. The number of nitrogens with one attached hydrogen (secondary N) is 1. The lowest BCUT2D eigenvalue weighted by Gasteiger charge is -2.17. The van der Waals surface area contributed by atoms with E-state index < -0.39 is 0 Å². The molecule has 0 radical (unpaired) electrons. The Morgan fingerprint density at radius 3 is 3.05 bits per heavy atom. The standard InChI is InChI=1S/C15H22N2O2/c1-17(2)8-7-16-15(18)11-12-5-6-14-13(10-12)4-3-9-19-14/h5-6,10H,3-4,7-9,11H2,1-2H3,(H,16,18). The van der Waals surface area contributed by atoms with Gasteiger partial charge in [0.2, 0.25) is 5.91 Å². The van der Waals surface area contributed by atoms with Crippen molar-refractivity contribution >= 4 is 5.91 Å². The molecule has 1 heterocycles. The summed E-state index contributed by atoms with van der Waals surface area (Å²) in [5.74, 6) is 1.06. The van der Waals surface area contributed by atoms with Gasteiger partial charge in [-0.1, -0.05) is 12.1 Å². The molecular weight excluding hydrogens is 240 g/mol. The molecule has 4 nitrogen and oxygen atoms in total. The van der Waals surface area contributed by atoms with Crippen molar-refractivity contribution in [3.8, 4) is 5.75 Å². The van der Waals surface area contributed by atoms with E-state index in [0.717, 1.165) is 37.3 Å². The van der Waals surface area contributed by atoms with Crippen LogP contribution >= 0.6 is 0 Å². The minimum absolute atomic E-state index is 0.0820. The van der Waals surface area contributed by atoms with Gasteiger partial charge in [0.25, 0.3) is 0 Å². The van der Waals surface area contributed by atoms with Crippen LogP contribution in [0.1, 0.15) is 17.5 Å². The van der Waals surface area contributed by atoms with Crippen LogP contribution in [0.4, 0.5) is 0 Å². The number of amides is 1. The number of aryl methyl sites for hydroxylation is 1. The highest BCUT2D eigenvalue weighted by molar-refractivity contribution is 5.78. The normalized spacial score (nSPS) is 13.8. The predicted molar refractivity (Wildman–Crippen MR) is 75.5 cm³/mol. The molecule has 1 aliphatic rings. The molecule has 1 N–H and O–H groups in total. The highest BCUT2D eigenvalue weighted by Gasteiger charge is 2.11. The van der Waals surface area contributed by atoms with E-state index in [2.05, 4.69) is 16.3 Å². The molecule has 0 spiro atoms. The fourth-order valence-corrected chi connectivity index (χ4v) is 2.19. The third-order valence-corrected chi connectivity index (χ3v) is 3.22. The monoisotopic (exact) mass is 262 g/mol. The Kier molecular flexibility index (Phi) is 4.80. The number of benzene rings is 1. The van der Waals surface area contributed by atoms with Gasteiger partial charge in [0.1, 0.15) is 5.75 Å². The van der Waals surface area contributed by atoms with Crippen LogP contribution in [0.15, 0.2) is 18.2 Å². The van der Waals surface area contributed by atoms with Gasteiger partial charge in [-0.25, -0.2) is 0 Å². The summed E-state index contributed by atoms with van der Waals surface area (Å²) in [4.78, 5) is 13.9. The average molecular weight is 262 g/mol. The van der Waals surface area contributed by atoms with Crippen molar-refractivity contribution in [3.05, 3.63) is 29.3 Å². The number of fused-ring (bicyclic) bond motifs is 1. The smallest absolute Gasteiger partial charge is 0.224 e. The molecule has 0 saturated heterocycles. The van der Waals surface area contributed by atoms with E-state index in [1.807, 2.05) is 26.2 Å². The Labute approximate surface area is 114 Å². The Morgan fingerprint density at radius 2 is 2.26 bits per heavy atom. The van der Waals surface area contributed by atoms with E-state index in [-0.39, 0.29) is 5.91 Å². The van der Waals surface area contributed by atoms with Crippen LogP contribution in [-0.2, 0) is 17.6 Å². The van der Waals surface area contributed by atoms with Crippen molar-refractivity contribution in [1.82, 2.24) is 10.2 Å². The molecule has 104 valence electrons. The van der Waals surface area contributed by atoms with Crippen molar-refractivity contribution < 1.29 is 9.53 Å². The second kappa shape index (κ2) is 6.57. The van der Waals surface area contributed by atoms with Gasteiger partial charge < -0.3 is 15.0 Å². The predicted octanol–water partition coefficient (Wildman–Crippen LogP) is 1.23. The molecule has 1 amide bonds. The fourth-order valence-electron chi connectivity index (χ4n) is 2.19. The molecule has 0 saturated carbocycles. The van der Waals surface area contributed by atoms with Crippen molar-refractivity contribution in [3.63, 3.8) is 0 Å². The Balaban J connectivity index is 1.86. The zero-order chi connectivity index (χ0) is 13.7. The van der Waals surface area contributed by atoms with E-state index in [1.54, 1.807) is 0 Å². The van der Waals surface area contributed by atoms with Gasteiger partial charge in [0.05, 0.1) is 13.0 Å². The van der Waals surface area contributed by atoms with Crippen molar-refractivity contribution in [1.29, 1.82) is 0 Å². The largest absolute Gasteiger partial charge is 0.493 e. The number of hydrogen-bond donors (Lipinski definition) is 1. The fraction of sp³-hybridized carbons (Fsp3) is 0.533. The van der Waals surface area contributed by atoms with Crippen LogP contribution in [-0.4, -0.2) is 44.6 Å². The van der Waals surface area contributed by atoms with Gasteiger partial charge in [-0.05, 0) is 44.1 Å². The minimum Gasteiger partial charge on any atom is -0.493 e. The summed E-state index contributed by atoms with van der Waals surface area (Å²) in [5, 5.41) is 2.93. The number of likely N-dealkylation sites (N-methyl/N-ethyl adjacent to an activating group) is 1. The SMILES string of the molecule is CN(C)CCNC(=O)Cc1ccc2c(c1)CCCO2. The first-order valence-corrected chi connectivity index (χ1v) is 6.81. The second-order valence-electron chi connectivity index (χ2n) is 5.22. The first-order valence-electron chi connectivity index (χ1n) is 6.81. The van der Waals surface area contributed by atoms with E-state index in [0.29, 0.717) is 13.0 Å². The van der Waals surface area contributed by atoms with Crippen LogP contribution in [0, 0.1) is 0 Å². The highest BCUT2D eigenvalue weighted by Crippen LogP contribution is 2.25. The van der Waals surface area contributed by atoms with Gasteiger partial charge in [0.15, 0.2) is 0 Å². The number of ether oxygens (including phenoxy) is 1. The zero-order valence-corrected chi connectivity index (χ0v) is 11.7. The molecule has 0 aromatic heterocycles. The third kappa shape index (κ3) is 4.24. The first-order chi connectivity index (χ1) is 9.15. The number of hydrogen-bond acceptors (Lipinski definition) is 3. The molecule has 4 heteroatoms. The summed E-state index contributed by atoms with van der Waals surface area (Å²) in [6.45, 7) is 2.36. The summed E-state index contributed by atoms with van der Waals surface area (Å²) in [6.07, 6.45) is 2.55. The molecule has 0 aliphatic carbocycles. The van der Waals surface area contributed by atoms with Crippen LogP contribution in [0.5, 0.6) is 5.75 Å². The van der Waals surface area contributed by atoms with Crippen molar-refractivity contribution in [2.45, 2.75) is 19.3 Å². The molecule has 1 aliphatic heterocycles. The summed E-state index contributed by atoms with van der Waals surface area (Å²) >= 11 is 0. The molecule has 0 fully saturated rings. The lowest BCUT2D eigenvalue weighted by molar-refractivity contribution is -0.120. The van der Waals surface area contributed by atoms with Crippen LogP contribution < -0.4 is 10.1 Å². The van der Waals surface area contributed by atoms with E-state index >= 15 is 0 Å². The van der Waals surface area contributed by atoms with Gasteiger partial charge >= 0.3 is 0 Å². The molecule has 0 atom stereocenters. The molecule has 2 rings (SSSR count). The summed E-state index contributed by atoms with van der Waals surface area (Å²) in [5.41, 5.74) is 2.29. The highest BCUT2D eigenvalue weighted by atomic mass is 16.5. The number of carbonyl (C=O) groups excluding carboxylic acids is 1. The van der Waals surface area contributed by atoms with E-state index in [9.17, 15) is 4.79 Å². The zero-order valence-electron chi connectivity index (χ0n) is 11.7. The van der Waals surface area contributed by atoms with Gasteiger partial charge in [0, 0.05) is 13.1 Å². The minimum atomic E-state index is 0.0820. The second-order valence-corrected chi connectivity index (χ2v) is 5.22. The summed E-state index contributed by atoms with van der Waals surface area (Å²) < 4.78 is 5.57. The molecule has 0 bridgehead atoms. The summed E-state index contributed by atoms with van der Waals surface area (Å²) in [7, 11) is 3.99. The maximum absolute atomic E-state index is 11.8. The third-order valence-electron chi connectivity index (χ3n) is 3.22. The van der Waals surface area contributed by atoms with Gasteiger partial charge in [-0.2, -0.15) is 0 Å². The number of nitrogens with zero attached hydrogens (tertiary/aromatic N) is 1.